The van der Waals surface area contributed by atoms with Crippen molar-refractivity contribution >= 4 is 5.78 Å². The van der Waals surface area contributed by atoms with Crippen molar-refractivity contribution in [1.29, 1.82) is 0 Å². The first-order valence-electron chi connectivity index (χ1n) is 4.38. The summed E-state index contributed by atoms with van der Waals surface area (Å²) >= 11 is 0. The highest BCUT2D eigenvalue weighted by Gasteiger charge is 2.11. The van der Waals surface area contributed by atoms with Gasteiger partial charge < -0.3 is 0 Å². The number of hydrogen-bond acceptors (Lipinski definition) is 1. The summed E-state index contributed by atoms with van der Waals surface area (Å²) in [6, 6.07) is 0. The second-order valence-corrected chi connectivity index (χ2v) is 3.60. The molecule has 1 aliphatic rings. The molecule has 0 saturated heterocycles. The van der Waals surface area contributed by atoms with E-state index in [4.69, 9.17) is 0 Å². The third-order valence-corrected chi connectivity index (χ3v) is 2.32. The van der Waals surface area contributed by atoms with Gasteiger partial charge in [0.25, 0.3) is 0 Å². The molecule has 0 bridgehead atoms. The lowest BCUT2D eigenvalue weighted by Crippen LogP contribution is -2.04. The van der Waals surface area contributed by atoms with E-state index in [1.807, 2.05) is 6.08 Å². The van der Waals surface area contributed by atoms with Crippen molar-refractivity contribution in [1.82, 2.24) is 0 Å². The fraction of sp³-hybridized carbons (Fsp3) is 0.700. The van der Waals surface area contributed by atoms with E-state index in [9.17, 15) is 4.79 Å². The number of carbonyl (C=O) groups excluding carboxylic acids is 1. The smallest absolute Gasteiger partial charge is 0.152 e. The molecule has 11 heavy (non-hydrogen) atoms. The summed E-state index contributed by atoms with van der Waals surface area (Å²) in [5, 5.41) is 0. The summed E-state index contributed by atoms with van der Waals surface area (Å²) in [5.41, 5.74) is 1.36. The zero-order valence-electron chi connectivity index (χ0n) is 7.39. The molecule has 1 fully saturated rings. The summed E-state index contributed by atoms with van der Waals surface area (Å²) in [6.45, 7) is 3.91. The van der Waals surface area contributed by atoms with Crippen LogP contribution in [0, 0.1) is 5.92 Å². The van der Waals surface area contributed by atoms with Crippen molar-refractivity contribution in [2.75, 3.05) is 0 Å². The SMILES string of the molecule is CC(=O)C=C1CCC(C)CC1. The highest BCUT2D eigenvalue weighted by molar-refractivity contribution is 5.87. The molecule has 1 nitrogen and oxygen atoms in total. The highest BCUT2D eigenvalue weighted by Crippen LogP contribution is 2.27. The van der Waals surface area contributed by atoms with Crippen LogP contribution < -0.4 is 0 Å². The van der Waals surface area contributed by atoms with E-state index in [0.29, 0.717) is 0 Å². The molecule has 0 heterocycles. The molecule has 62 valence electrons. The zero-order valence-corrected chi connectivity index (χ0v) is 7.39. The molecular formula is C10H16O. The van der Waals surface area contributed by atoms with Crippen LogP contribution in [0.25, 0.3) is 0 Å². The van der Waals surface area contributed by atoms with E-state index in [2.05, 4.69) is 6.92 Å². The average Bonchev–Trinajstić information content (AvgIpc) is 1.93. The van der Waals surface area contributed by atoms with Gasteiger partial charge in [0.15, 0.2) is 5.78 Å². The predicted octanol–water partition coefficient (Wildman–Crippen LogP) is 2.71. The van der Waals surface area contributed by atoms with E-state index < -0.39 is 0 Å². The summed E-state index contributed by atoms with van der Waals surface area (Å²) < 4.78 is 0. The number of ketones is 1. The van der Waals surface area contributed by atoms with Crippen molar-refractivity contribution in [3.63, 3.8) is 0 Å². The lowest BCUT2D eigenvalue weighted by Gasteiger charge is -2.19. The van der Waals surface area contributed by atoms with Crippen LogP contribution in [-0.4, -0.2) is 5.78 Å². The number of hydrogen-bond donors (Lipinski definition) is 0. The predicted molar refractivity (Wildman–Crippen MR) is 46.4 cm³/mol. The molecule has 0 aromatic rings. The lowest BCUT2D eigenvalue weighted by atomic mass is 9.87. The molecule has 1 heteroatoms. The van der Waals surface area contributed by atoms with Crippen LogP contribution in [0.4, 0.5) is 0 Å². The summed E-state index contributed by atoms with van der Waals surface area (Å²) in [5.74, 6) is 1.06. The fourth-order valence-electron chi connectivity index (χ4n) is 1.56. The molecule has 0 aromatic heterocycles. The lowest BCUT2D eigenvalue weighted by molar-refractivity contribution is -0.112. The molecule has 0 atom stereocenters. The fourth-order valence-corrected chi connectivity index (χ4v) is 1.56. The van der Waals surface area contributed by atoms with Gasteiger partial charge in [-0.2, -0.15) is 0 Å². The van der Waals surface area contributed by atoms with E-state index in [1.54, 1.807) is 6.92 Å². The first kappa shape index (κ1) is 8.51. The highest BCUT2D eigenvalue weighted by atomic mass is 16.1. The van der Waals surface area contributed by atoms with Gasteiger partial charge in [0.05, 0.1) is 0 Å². The Kier molecular flexibility index (Phi) is 2.86. The van der Waals surface area contributed by atoms with Gasteiger partial charge in [-0.15, -0.1) is 0 Å². The van der Waals surface area contributed by atoms with Gasteiger partial charge in [-0.05, 0) is 44.6 Å². The minimum Gasteiger partial charge on any atom is -0.295 e. The maximum atomic E-state index is 10.7. The van der Waals surface area contributed by atoms with Gasteiger partial charge in [-0.1, -0.05) is 12.5 Å². The molecule has 0 N–H and O–H groups in total. The van der Waals surface area contributed by atoms with Gasteiger partial charge in [0, 0.05) is 0 Å². The molecule has 1 saturated carbocycles. The Hall–Kier alpha value is -0.590. The molecule has 0 spiro atoms. The Morgan fingerprint density at radius 1 is 1.45 bits per heavy atom. The summed E-state index contributed by atoms with van der Waals surface area (Å²) in [6.07, 6.45) is 6.62. The Labute approximate surface area is 68.5 Å². The Morgan fingerprint density at radius 2 is 2.00 bits per heavy atom. The molecule has 1 aliphatic carbocycles. The third kappa shape index (κ3) is 2.87. The van der Waals surface area contributed by atoms with Crippen LogP contribution in [0.1, 0.15) is 39.5 Å². The van der Waals surface area contributed by atoms with Crippen LogP contribution in [0.15, 0.2) is 11.6 Å². The van der Waals surface area contributed by atoms with Crippen LogP contribution >= 0.6 is 0 Å². The molecule has 0 aromatic carbocycles. The van der Waals surface area contributed by atoms with E-state index in [0.717, 1.165) is 18.8 Å². The summed E-state index contributed by atoms with van der Waals surface area (Å²) in [4.78, 5) is 10.7. The molecule has 0 aliphatic heterocycles. The van der Waals surface area contributed by atoms with Crippen LogP contribution in [0.3, 0.4) is 0 Å². The molecular weight excluding hydrogens is 136 g/mol. The Morgan fingerprint density at radius 3 is 2.45 bits per heavy atom. The molecule has 0 amide bonds. The van der Waals surface area contributed by atoms with Crippen molar-refractivity contribution in [2.24, 2.45) is 5.92 Å². The van der Waals surface area contributed by atoms with Gasteiger partial charge in [0.2, 0.25) is 0 Å². The number of rotatable bonds is 1. The van der Waals surface area contributed by atoms with Gasteiger partial charge in [-0.25, -0.2) is 0 Å². The van der Waals surface area contributed by atoms with Crippen molar-refractivity contribution in [2.45, 2.75) is 39.5 Å². The summed E-state index contributed by atoms with van der Waals surface area (Å²) in [7, 11) is 0. The normalized spacial score (nSPS) is 24.9. The van der Waals surface area contributed by atoms with Crippen molar-refractivity contribution in [3.05, 3.63) is 11.6 Å². The van der Waals surface area contributed by atoms with Crippen LogP contribution in [0.5, 0.6) is 0 Å². The second kappa shape index (κ2) is 3.70. The first-order chi connectivity index (χ1) is 5.18. The number of carbonyl (C=O) groups is 1. The first-order valence-corrected chi connectivity index (χ1v) is 4.38. The molecule has 0 radical (unpaired) electrons. The quantitative estimate of drug-likeness (QED) is 0.528. The minimum atomic E-state index is 0.203. The van der Waals surface area contributed by atoms with Crippen LogP contribution in [0.2, 0.25) is 0 Å². The largest absolute Gasteiger partial charge is 0.295 e. The van der Waals surface area contributed by atoms with Gasteiger partial charge in [-0.3, -0.25) is 4.79 Å². The third-order valence-electron chi connectivity index (χ3n) is 2.32. The Bertz CT molecular complexity index is 169. The Balaban J connectivity index is 2.45. The van der Waals surface area contributed by atoms with Gasteiger partial charge >= 0.3 is 0 Å². The second-order valence-electron chi connectivity index (χ2n) is 3.60. The molecule has 1 rings (SSSR count). The van der Waals surface area contributed by atoms with E-state index in [-0.39, 0.29) is 5.78 Å². The van der Waals surface area contributed by atoms with E-state index >= 15 is 0 Å². The topological polar surface area (TPSA) is 17.1 Å². The standard InChI is InChI=1S/C10H16O/c1-8-3-5-10(6-4-8)7-9(2)11/h7-8H,3-6H2,1-2H3. The van der Waals surface area contributed by atoms with Gasteiger partial charge in [0.1, 0.15) is 0 Å². The number of allylic oxidation sites excluding steroid dienone is 2. The van der Waals surface area contributed by atoms with Crippen molar-refractivity contribution in [3.8, 4) is 0 Å². The van der Waals surface area contributed by atoms with Crippen molar-refractivity contribution < 1.29 is 4.79 Å². The monoisotopic (exact) mass is 152 g/mol. The zero-order chi connectivity index (χ0) is 8.27. The molecule has 0 unspecified atom stereocenters. The maximum Gasteiger partial charge on any atom is 0.152 e. The average molecular weight is 152 g/mol. The maximum absolute atomic E-state index is 10.7. The minimum absolute atomic E-state index is 0.203. The van der Waals surface area contributed by atoms with E-state index in [1.165, 1.54) is 18.4 Å². The van der Waals surface area contributed by atoms with Crippen LogP contribution in [-0.2, 0) is 4.79 Å².